The van der Waals surface area contributed by atoms with Crippen LogP contribution in [0.25, 0.3) is 0 Å². The van der Waals surface area contributed by atoms with Gasteiger partial charge in [-0.2, -0.15) is 4.98 Å². The standard InChI is InChI=1S/C10H18N6O/c1-15(2)6-7-4-3-5-16(7)9(17)8-12-10(11)14-13-8/h7H,3-6H2,1-2H3,(H3,11,12,13,14). The van der Waals surface area contributed by atoms with E-state index in [4.69, 9.17) is 5.73 Å². The van der Waals surface area contributed by atoms with Crippen molar-refractivity contribution in [1.82, 2.24) is 25.0 Å². The number of amides is 1. The second-order valence-electron chi connectivity index (χ2n) is 4.60. The third-order valence-corrected chi connectivity index (χ3v) is 2.92. The summed E-state index contributed by atoms with van der Waals surface area (Å²) in [6, 6.07) is 0.254. The van der Waals surface area contributed by atoms with Crippen LogP contribution in [-0.2, 0) is 0 Å². The van der Waals surface area contributed by atoms with E-state index in [0.29, 0.717) is 0 Å². The molecule has 0 spiro atoms. The van der Waals surface area contributed by atoms with E-state index in [9.17, 15) is 4.79 Å². The lowest BCUT2D eigenvalue weighted by atomic mass is 10.2. The molecule has 1 saturated heterocycles. The van der Waals surface area contributed by atoms with E-state index in [0.717, 1.165) is 25.9 Å². The molecule has 3 N–H and O–H groups in total. The Kier molecular flexibility index (Phi) is 3.28. The molecule has 0 bridgehead atoms. The quantitative estimate of drug-likeness (QED) is 0.744. The van der Waals surface area contributed by atoms with Crippen LogP contribution in [-0.4, -0.2) is 64.1 Å². The summed E-state index contributed by atoms with van der Waals surface area (Å²) in [7, 11) is 4.01. The van der Waals surface area contributed by atoms with Crippen molar-refractivity contribution in [3.05, 3.63) is 5.82 Å². The number of aromatic amines is 1. The molecule has 1 unspecified atom stereocenters. The van der Waals surface area contributed by atoms with Crippen LogP contribution in [0.2, 0.25) is 0 Å². The molecule has 1 amide bonds. The minimum absolute atomic E-state index is 0.108. The Morgan fingerprint density at radius 1 is 1.65 bits per heavy atom. The number of likely N-dealkylation sites (tertiary alicyclic amines) is 1. The summed E-state index contributed by atoms with van der Waals surface area (Å²) in [5.74, 6) is 0.225. The van der Waals surface area contributed by atoms with E-state index in [-0.39, 0.29) is 23.7 Å². The fourth-order valence-corrected chi connectivity index (χ4v) is 2.22. The third kappa shape index (κ3) is 2.55. The maximum absolute atomic E-state index is 12.2. The first-order valence-electron chi connectivity index (χ1n) is 5.71. The Labute approximate surface area is 100.0 Å². The van der Waals surface area contributed by atoms with Crippen molar-refractivity contribution in [1.29, 1.82) is 0 Å². The Morgan fingerprint density at radius 3 is 3.00 bits per heavy atom. The Hall–Kier alpha value is -1.63. The first-order valence-corrected chi connectivity index (χ1v) is 5.71. The maximum Gasteiger partial charge on any atom is 0.291 e. The van der Waals surface area contributed by atoms with Crippen molar-refractivity contribution in [3.8, 4) is 0 Å². The number of nitrogens with two attached hydrogens (primary N) is 1. The van der Waals surface area contributed by atoms with Gasteiger partial charge in [-0.25, -0.2) is 0 Å². The molecular weight excluding hydrogens is 220 g/mol. The maximum atomic E-state index is 12.2. The largest absolute Gasteiger partial charge is 0.366 e. The number of nitrogens with one attached hydrogen (secondary N) is 1. The second-order valence-corrected chi connectivity index (χ2v) is 4.60. The van der Waals surface area contributed by atoms with Crippen molar-refractivity contribution < 1.29 is 4.79 Å². The first-order chi connectivity index (χ1) is 8.08. The molecule has 1 aliphatic heterocycles. The lowest BCUT2D eigenvalue weighted by Gasteiger charge is -2.26. The minimum Gasteiger partial charge on any atom is -0.366 e. The van der Waals surface area contributed by atoms with E-state index >= 15 is 0 Å². The smallest absolute Gasteiger partial charge is 0.291 e. The van der Waals surface area contributed by atoms with Crippen LogP contribution in [0.4, 0.5) is 5.95 Å². The van der Waals surface area contributed by atoms with Gasteiger partial charge in [0.1, 0.15) is 0 Å². The molecule has 2 rings (SSSR count). The van der Waals surface area contributed by atoms with Crippen LogP contribution < -0.4 is 5.73 Å². The molecule has 17 heavy (non-hydrogen) atoms. The average molecular weight is 238 g/mol. The highest BCUT2D eigenvalue weighted by atomic mass is 16.2. The molecular formula is C10H18N6O. The van der Waals surface area contributed by atoms with Crippen molar-refractivity contribution in [2.45, 2.75) is 18.9 Å². The van der Waals surface area contributed by atoms with Gasteiger partial charge in [-0.3, -0.25) is 9.89 Å². The Bertz CT molecular complexity index is 401. The number of nitrogens with zero attached hydrogens (tertiary/aromatic N) is 4. The number of H-pyrrole nitrogens is 1. The Balaban J connectivity index is 2.08. The third-order valence-electron chi connectivity index (χ3n) is 2.92. The molecule has 0 radical (unpaired) electrons. The number of likely N-dealkylation sites (N-methyl/N-ethyl adjacent to an activating group) is 1. The zero-order chi connectivity index (χ0) is 12.4. The fourth-order valence-electron chi connectivity index (χ4n) is 2.22. The number of carbonyl (C=O) groups is 1. The monoisotopic (exact) mass is 238 g/mol. The molecule has 1 aromatic rings. The van der Waals surface area contributed by atoms with Crippen LogP contribution in [0, 0.1) is 0 Å². The number of carbonyl (C=O) groups excluding carboxylic acids is 1. The van der Waals surface area contributed by atoms with Crippen LogP contribution in [0.5, 0.6) is 0 Å². The summed E-state index contributed by atoms with van der Waals surface area (Å²) in [5.41, 5.74) is 5.40. The summed E-state index contributed by atoms with van der Waals surface area (Å²) >= 11 is 0. The number of nitrogen functional groups attached to an aromatic ring is 1. The molecule has 1 aliphatic rings. The lowest BCUT2D eigenvalue weighted by molar-refractivity contribution is 0.0704. The zero-order valence-electron chi connectivity index (χ0n) is 10.2. The van der Waals surface area contributed by atoms with Gasteiger partial charge in [0.15, 0.2) is 0 Å². The normalized spacial score (nSPS) is 20.2. The molecule has 1 atom stereocenters. The molecule has 1 fully saturated rings. The van der Waals surface area contributed by atoms with E-state index in [1.54, 1.807) is 0 Å². The van der Waals surface area contributed by atoms with Gasteiger partial charge in [-0.15, -0.1) is 5.10 Å². The molecule has 94 valence electrons. The summed E-state index contributed by atoms with van der Waals surface area (Å²) in [4.78, 5) is 20.0. The molecule has 0 aromatic carbocycles. The van der Waals surface area contributed by atoms with Crippen LogP contribution >= 0.6 is 0 Å². The number of anilines is 1. The lowest BCUT2D eigenvalue weighted by Crippen LogP contribution is -2.41. The molecule has 0 saturated carbocycles. The van der Waals surface area contributed by atoms with Gasteiger partial charge in [0.05, 0.1) is 0 Å². The van der Waals surface area contributed by atoms with Gasteiger partial charge in [0.2, 0.25) is 11.8 Å². The summed E-state index contributed by atoms with van der Waals surface area (Å²) in [6.07, 6.45) is 2.07. The first kappa shape index (κ1) is 11.8. The topological polar surface area (TPSA) is 91.1 Å². The molecule has 7 heteroatoms. The highest BCUT2D eigenvalue weighted by Crippen LogP contribution is 2.19. The van der Waals surface area contributed by atoms with Gasteiger partial charge in [0, 0.05) is 19.1 Å². The zero-order valence-corrected chi connectivity index (χ0v) is 10.2. The number of aromatic nitrogens is 3. The molecule has 1 aromatic heterocycles. The van der Waals surface area contributed by atoms with E-state index < -0.39 is 0 Å². The van der Waals surface area contributed by atoms with Gasteiger partial charge in [0.25, 0.3) is 5.91 Å². The predicted molar refractivity (Wildman–Crippen MR) is 63.4 cm³/mol. The van der Waals surface area contributed by atoms with Crippen molar-refractivity contribution in [2.24, 2.45) is 0 Å². The van der Waals surface area contributed by atoms with E-state index in [1.165, 1.54) is 0 Å². The van der Waals surface area contributed by atoms with Crippen LogP contribution in [0.15, 0.2) is 0 Å². The second kappa shape index (κ2) is 4.70. The van der Waals surface area contributed by atoms with E-state index in [1.807, 2.05) is 19.0 Å². The van der Waals surface area contributed by atoms with Gasteiger partial charge < -0.3 is 15.5 Å². The van der Waals surface area contributed by atoms with Gasteiger partial charge in [-0.05, 0) is 26.9 Å². The number of hydrogen-bond acceptors (Lipinski definition) is 5. The highest BCUT2D eigenvalue weighted by Gasteiger charge is 2.31. The SMILES string of the molecule is CN(C)CC1CCCN1C(=O)c1nc(N)n[nH]1. The fraction of sp³-hybridized carbons (Fsp3) is 0.700. The molecule has 7 nitrogen and oxygen atoms in total. The van der Waals surface area contributed by atoms with Crippen molar-refractivity contribution in [3.63, 3.8) is 0 Å². The van der Waals surface area contributed by atoms with Crippen LogP contribution in [0.3, 0.4) is 0 Å². The van der Waals surface area contributed by atoms with Crippen LogP contribution in [0.1, 0.15) is 23.5 Å². The van der Waals surface area contributed by atoms with Crippen molar-refractivity contribution >= 4 is 11.9 Å². The number of hydrogen-bond donors (Lipinski definition) is 2. The Morgan fingerprint density at radius 2 is 2.41 bits per heavy atom. The minimum atomic E-state index is -0.112. The average Bonchev–Trinajstić information content (AvgIpc) is 2.85. The van der Waals surface area contributed by atoms with Gasteiger partial charge in [-0.1, -0.05) is 0 Å². The predicted octanol–water partition coefficient (Wildman–Crippen LogP) is -0.447. The van der Waals surface area contributed by atoms with E-state index in [2.05, 4.69) is 20.1 Å². The van der Waals surface area contributed by atoms with Gasteiger partial charge >= 0.3 is 0 Å². The van der Waals surface area contributed by atoms with Crippen molar-refractivity contribution in [2.75, 3.05) is 32.9 Å². The molecule has 2 heterocycles. The summed E-state index contributed by atoms with van der Waals surface area (Å²) in [6.45, 7) is 1.65. The summed E-state index contributed by atoms with van der Waals surface area (Å²) < 4.78 is 0. The number of rotatable bonds is 3. The summed E-state index contributed by atoms with van der Waals surface area (Å²) in [5, 5.41) is 6.24. The highest BCUT2D eigenvalue weighted by molar-refractivity contribution is 5.91. The molecule has 0 aliphatic carbocycles.